The van der Waals surface area contributed by atoms with Gasteiger partial charge in [0.1, 0.15) is 0 Å². The molecule has 0 fully saturated rings. The molecular formula is C25H26N2. The predicted octanol–water partition coefficient (Wildman–Crippen LogP) is 5.52. The van der Waals surface area contributed by atoms with Gasteiger partial charge in [0.25, 0.3) is 0 Å². The smallest absolute Gasteiger partial charge is 0.0484 e. The SMILES string of the molecule is C/C(=C\C(C)N)c1ccnc(C2C=CC(c3ccccc3)=C3C=CC2C3)c1. The Hall–Kier alpha value is -2.71. The van der Waals surface area contributed by atoms with Crippen molar-refractivity contribution >= 4 is 11.1 Å². The Morgan fingerprint density at radius 3 is 2.74 bits per heavy atom. The van der Waals surface area contributed by atoms with Crippen LogP contribution in [0.2, 0.25) is 0 Å². The number of nitrogens with zero attached hydrogens (tertiary/aromatic N) is 1. The minimum Gasteiger partial charge on any atom is -0.325 e. The molecule has 2 aliphatic rings. The number of hydrogen-bond acceptors (Lipinski definition) is 2. The number of aromatic nitrogens is 1. The van der Waals surface area contributed by atoms with E-state index in [1.807, 2.05) is 13.1 Å². The number of rotatable bonds is 4. The molecule has 4 rings (SSSR count). The first-order valence-corrected chi connectivity index (χ1v) is 9.67. The molecule has 27 heavy (non-hydrogen) atoms. The second-order valence-electron chi connectivity index (χ2n) is 7.60. The third-order valence-corrected chi connectivity index (χ3v) is 5.45. The van der Waals surface area contributed by atoms with Gasteiger partial charge in [-0.3, -0.25) is 4.98 Å². The maximum absolute atomic E-state index is 5.93. The monoisotopic (exact) mass is 354 g/mol. The van der Waals surface area contributed by atoms with Gasteiger partial charge in [-0.15, -0.1) is 0 Å². The molecule has 1 aromatic carbocycles. The van der Waals surface area contributed by atoms with Gasteiger partial charge in [-0.2, -0.15) is 0 Å². The van der Waals surface area contributed by atoms with Gasteiger partial charge in [-0.1, -0.05) is 60.7 Å². The lowest BCUT2D eigenvalue weighted by molar-refractivity contribution is 0.592. The first-order valence-electron chi connectivity index (χ1n) is 9.67. The van der Waals surface area contributed by atoms with Crippen molar-refractivity contribution in [3.05, 3.63) is 101 Å². The molecule has 0 saturated carbocycles. The zero-order valence-electron chi connectivity index (χ0n) is 16.0. The zero-order chi connectivity index (χ0) is 18.8. The summed E-state index contributed by atoms with van der Waals surface area (Å²) < 4.78 is 0. The van der Waals surface area contributed by atoms with Crippen molar-refractivity contribution < 1.29 is 0 Å². The van der Waals surface area contributed by atoms with Crippen molar-refractivity contribution in [2.75, 3.05) is 0 Å². The highest BCUT2D eigenvalue weighted by Gasteiger charge is 2.28. The maximum Gasteiger partial charge on any atom is 0.0484 e. The number of hydrogen-bond donors (Lipinski definition) is 1. The third-order valence-electron chi connectivity index (χ3n) is 5.45. The summed E-state index contributed by atoms with van der Waals surface area (Å²) in [6.07, 6.45) is 14.4. The highest BCUT2D eigenvalue weighted by molar-refractivity contribution is 5.80. The Morgan fingerprint density at radius 1 is 1.15 bits per heavy atom. The first-order chi connectivity index (χ1) is 13.1. The molecule has 0 aliphatic heterocycles. The highest BCUT2D eigenvalue weighted by Crippen LogP contribution is 2.42. The van der Waals surface area contributed by atoms with Crippen molar-refractivity contribution in [1.82, 2.24) is 4.98 Å². The molecule has 2 aliphatic carbocycles. The molecule has 3 unspecified atom stereocenters. The quantitative estimate of drug-likeness (QED) is 0.785. The van der Waals surface area contributed by atoms with Crippen LogP contribution in [0.15, 0.2) is 84.6 Å². The van der Waals surface area contributed by atoms with Crippen LogP contribution < -0.4 is 5.73 Å². The van der Waals surface area contributed by atoms with Crippen molar-refractivity contribution in [3.63, 3.8) is 0 Å². The summed E-state index contributed by atoms with van der Waals surface area (Å²) in [7, 11) is 0. The van der Waals surface area contributed by atoms with Crippen molar-refractivity contribution in [2.24, 2.45) is 11.7 Å². The van der Waals surface area contributed by atoms with Crippen LogP contribution >= 0.6 is 0 Å². The molecule has 1 heterocycles. The molecular weight excluding hydrogens is 328 g/mol. The Morgan fingerprint density at radius 2 is 1.96 bits per heavy atom. The molecule has 0 saturated heterocycles. The van der Waals surface area contributed by atoms with E-state index < -0.39 is 0 Å². The second-order valence-corrected chi connectivity index (χ2v) is 7.60. The summed E-state index contributed by atoms with van der Waals surface area (Å²) in [6.45, 7) is 4.12. The number of fused-ring (bicyclic) bond motifs is 2. The van der Waals surface area contributed by atoms with Crippen LogP contribution in [0.25, 0.3) is 11.1 Å². The fourth-order valence-corrected chi connectivity index (χ4v) is 4.11. The van der Waals surface area contributed by atoms with E-state index in [2.05, 4.69) is 79.8 Å². The second kappa shape index (κ2) is 7.50. The van der Waals surface area contributed by atoms with Crippen LogP contribution in [0.3, 0.4) is 0 Å². The normalized spacial score (nSPS) is 22.9. The number of benzene rings is 1. The molecule has 2 N–H and O–H groups in total. The standard InChI is InChI=1S/C25H26N2/c1-17(14-18(2)26)20-12-13-27-25(16-20)24-11-10-23(19-6-4-3-5-7-19)21-8-9-22(24)15-21/h3-14,16,18,22,24H,15,26H2,1-2H3/b17-14+. The number of allylic oxidation sites excluding steroid dienone is 7. The van der Waals surface area contributed by atoms with Crippen LogP contribution in [0.1, 0.15) is 43.0 Å². The van der Waals surface area contributed by atoms with E-state index in [-0.39, 0.29) is 6.04 Å². The molecule has 136 valence electrons. The van der Waals surface area contributed by atoms with E-state index in [1.54, 1.807) is 0 Å². The van der Waals surface area contributed by atoms with Crippen molar-refractivity contribution in [1.29, 1.82) is 0 Å². The Balaban J connectivity index is 1.68. The summed E-state index contributed by atoms with van der Waals surface area (Å²) in [5.74, 6) is 0.765. The van der Waals surface area contributed by atoms with Gasteiger partial charge >= 0.3 is 0 Å². The molecule has 0 radical (unpaired) electrons. The van der Waals surface area contributed by atoms with Crippen molar-refractivity contribution in [2.45, 2.75) is 32.2 Å². The lowest BCUT2D eigenvalue weighted by atomic mass is 9.88. The Kier molecular flexibility index (Phi) is 4.91. The number of pyridine rings is 1. The minimum atomic E-state index is 0.0531. The average molecular weight is 354 g/mol. The van der Waals surface area contributed by atoms with Gasteiger partial charge in [0.2, 0.25) is 0 Å². The molecule has 0 spiro atoms. The van der Waals surface area contributed by atoms with Crippen LogP contribution in [0.5, 0.6) is 0 Å². The van der Waals surface area contributed by atoms with Crippen LogP contribution in [-0.2, 0) is 0 Å². The van der Waals surface area contributed by atoms with Crippen LogP contribution in [0.4, 0.5) is 0 Å². The van der Waals surface area contributed by atoms with E-state index in [0.717, 1.165) is 12.1 Å². The molecule has 2 heteroatoms. The van der Waals surface area contributed by atoms with Gasteiger partial charge < -0.3 is 5.73 Å². The number of nitrogens with two attached hydrogens (primary N) is 1. The molecule has 2 aromatic rings. The fraction of sp³-hybridized carbons (Fsp3) is 0.240. The molecule has 1 aromatic heterocycles. The topological polar surface area (TPSA) is 38.9 Å². The molecule has 2 bridgehead atoms. The maximum atomic E-state index is 5.93. The van der Waals surface area contributed by atoms with E-state index >= 15 is 0 Å². The minimum absolute atomic E-state index is 0.0531. The van der Waals surface area contributed by atoms with Gasteiger partial charge in [-0.25, -0.2) is 0 Å². The van der Waals surface area contributed by atoms with Gasteiger partial charge in [-0.05, 0) is 66.2 Å². The van der Waals surface area contributed by atoms with E-state index in [9.17, 15) is 0 Å². The lowest BCUT2D eigenvalue weighted by Crippen LogP contribution is -2.11. The van der Waals surface area contributed by atoms with Gasteiger partial charge in [0.15, 0.2) is 0 Å². The lowest BCUT2D eigenvalue weighted by Gasteiger charge is -2.18. The summed E-state index contributed by atoms with van der Waals surface area (Å²) in [5, 5.41) is 0. The molecule has 0 amide bonds. The third kappa shape index (κ3) is 3.72. The van der Waals surface area contributed by atoms with Crippen molar-refractivity contribution in [3.8, 4) is 0 Å². The summed E-state index contributed by atoms with van der Waals surface area (Å²) >= 11 is 0. The van der Waals surface area contributed by atoms with E-state index in [0.29, 0.717) is 11.8 Å². The summed E-state index contributed by atoms with van der Waals surface area (Å²) in [4.78, 5) is 4.72. The Bertz CT molecular complexity index is 945. The summed E-state index contributed by atoms with van der Waals surface area (Å²) in [5.41, 5.74) is 13.5. The molecule has 3 atom stereocenters. The first kappa shape index (κ1) is 17.7. The van der Waals surface area contributed by atoms with E-state index in [4.69, 9.17) is 10.7 Å². The zero-order valence-corrected chi connectivity index (χ0v) is 16.0. The van der Waals surface area contributed by atoms with E-state index in [1.165, 1.54) is 27.8 Å². The Labute approximate surface area is 161 Å². The molecule has 2 nitrogen and oxygen atoms in total. The van der Waals surface area contributed by atoms with Crippen LogP contribution in [0, 0.1) is 5.92 Å². The fourth-order valence-electron chi connectivity index (χ4n) is 4.11. The van der Waals surface area contributed by atoms with Gasteiger partial charge in [0.05, 0.1) is 0 Å². The van der Waals surface area contributed by atoms with Crippen LogP contribution in [-0.4, -0.2) is 11.0 Å². The highest BCUT2D eigenvalue weighted by atomic mass is 14.7. The summed E-state index contributed by atoms with van der Waals surface area (Å²) in [6, 6.07) is 15.0. The average Bonchev–Trinajstić information content (AvgIpc) is 3.05. The largest absolute Gasteiger partial charge is 0.325 e. The predicted molar refractivity (Wildman–Crippen MR) is 114 cm³/mol. The van der Waals surface area contributed by atoms with Gasteiger partial charge in [0, 0.05) is 23.9 Å².